The van der Waals surface area contributed by atoms with Crippen LogP contribution in [-0.2, 0) is 6.18 Å². The standard InChI is InChI=1S/C10H6F6O2/c1-4(17)8-6(10(14,15)16)2-5(3-7(8)11)18-9(12)13/h2-3,9H,1H3. The van der Waals surface area contributed by atoms with Gasteiger partial charge >= 0.3 is 12.8 Å². The van der Waals surface area contributed by atoms with Crippen LogP contribution in [0.2, 0.25) is 0 Å². The molecule has 0 bridgehead atoms. The average molecular weight is 272 g/mol. The van der Waals surface area contributed by atoms with E-state index >= 15 is 0 Å². The van der Waals surface area contributed by atoms with Crippen molar-refractivity contribution in [1.29, 1.82) is 0 Å². The zero-order chi connectivity index (χ0) is 14.1. The molecule has 0 fully saturated rings. The van der Waals surface area contributed by atoms with Crippen LogP contribution in [0.25, 0.3) is 0 Å². The largest absolute Gasteiger partial charge is 0.435 e. The Morgan fingerprint density at radius 1 is 1.28 bits per heavy atom. The predicted octanol–water partition coefficient (Wildman–Crippen LogP) is 3.65. The summed E-state index contributed by atoms with van der Waals surface area (Å²) in [5, 5.41) is 0. The van der Waals surface area contributed by atoms with Crippen LogP contribution in [0.5, 0.6) is 5.75 Å². The predicted molar refractivity (Wildman–Crippen MR) is 48.0 cm³/mol. The Bertz CT molecular complexity index is 466. The van der Waals surface area contributed by atoms with E-state index in [1.165, 1.54) is 0 Å². The molecule has 0 amide bonds. The Labute approximate surface area is 97.2 Å². The summed E-state index contributed by atoms with van der Waals surface area (Å²) in [4.78, 5) is 10.9. The molecular weight excluding hydrogens is 266 g/mol. The number of benzene rings is 1. The molecule has 0 saturated heterocycles. The maximum Gasteiger partial charge on any atom is 0.417 e. The fourth-order valence-electron chi connectivity index (χ4n) is 1.33. The smallest absolute Gasteiger partial charge is 0.417 e. The van der Waals surface area contributed by atoms with Crippen molar-refractivity contribution >= 4 is 5.78 Å². The van der Waals surface area contributed by atoms with Gasteiger partial charge in [-0.25, -0.2) is 4.39 Å². The van der Waals surface area contributed by atoms with Crippen molar-refractivity contribution in [2.24, 2.45) is 0 Å². The van der Waals surface area contributed by atoms with Gasteiger partial charge in [0.25, 0.3) is 0 Å². The second kappa shape index (κ2) is 4.87. The number of rotatable bonds is 3. The highest BCUT2D eigenvalue weighted by molar-refractivity contribution is 5.96. The lowest BCUT2D eigenvalue weighted by Gasteiger charge is -2.14. The highest BCUT2D eigenvalue weighted by atomic mass is 19.4. The first-order valence-corrected chi connectivity index (χ1v) is 4.49. The maximum atomic E-state index is 13.3. The minimum Gasteiger partial charge on any atom is -0.435 e. The van der Waals surface area contributed by atoms with E-state index in [4.69, 9.17) is 0 Å². The van der Waals surface area contributed by atoms with Crippen LogP contribution in [0, 0.1) is 5.82 Å². The van der Waals surface area contributed by atoms with E-state index in [-0.39, 0.29) is 6.07 Å². The number of ether oxygens (including phenoxy) is 1. The minimum atomic E-state index is -5.05. The minimum absolute atomic E-state index is 0.159. The van der Waals surface area contributed by atoms with E-state index in [2.05, 4.69) is 4.74 Å². The zero-order valence-corrected chi connectivity index (χ0v) is 8.82. The Morgan fingerprint density at radius 2 is 1.83 bits per heavy atom. The number of hydrogen-bond acceptors (Lipinski definition) is 2. The van der Waals surface area contributed by atoms with Gasteiger partial charge in [0.15, 0.2) is 5.78 Å². The molecule has 0 N–H and O–H groups in total. The third-order valence-electron chi connectivity index (χ3n) is 1.95. The molecule has 0 heterocycles. The lowest BCUT2D eigenvalue weighted by atomic mass is 10.0. The molecule has 0 aromatic heterocycles. The molecule has 18 heavy (non-hydrogen) atoms. The molecule has 0 aliphatic carbocycles. The SMILES string of the molecule is CC(=O)c1c(F)cc(OC(F)F)cc1C(F)(F)F. The molecule has 0 atom stereocenters. The molecule has 1 rings (SSSR count). The van der Waals surface area contributed by atoms with Crippen LogP contribution in [0.3, 0.4) is 0 Å². The molecule has 0 aliphatic heterocycles. The normalized spacial score (nSPS) is 11.8. The van der Waals surface area contributed by atoms with Crippen molar-refractivity contribution in [2.45, 2.75) is 19.7 Å². The van der Waals surface area contributed by atoms with Gasteiger partial charge in [-0.15, -0.1) is 0 Å². The summed E-state index contributed by atoms with van der Waals surface area (Å²) in [6, 6.07) is 0.462. The Hall–Kier alpha value is -1.73. The van der Waals surface area contributed by atoms with Crippen LogP contribution >= 0.6 is 0 Å². The molecule has 0 aliphatic rings. The topological polar surface area (TPSA) is 26.3 Å². The highest BCUT2D eigenvalue weighted by Crippen LogP contribution is 2.36. The van der Waals surface area contributed by atoms with Crippen molar-refractivity contribution in [3.05, 3.63) is 29.1 Å². The number of carbonyl (C=O) groups is 1. The zero-order valence-electron chi connectivity index (χ0n) is 8.82. The average Bonchev–Trinajstić information content (AvgIpc) is 2.12. The van der Waals surface area contributed by atoms with Gasteiger partial charge in [0.05, 0.1) is 11.1 Å². The van der Waals surface area contributed by atoms with Gasteiger partial charge in [-0.1, -0.05) is 0 Å². The molecule has 0 saturated carbocycles. The number of Topliss-reactive ketones (excluding diaryl/α,β-unsaturated/α-hetero) is 1. The van der Waals surface area contributed by atoms with Crippen LogP contribution in [0.1, 0.15) is 22.8 Å². The summed E-state index contributed by atoms with van der Waals surface area (Å²) in [6.45, 7) is -2.66. The van der Waals surface area contributed by atoms with Crippen LogP contribution in [0.4, 0.5) is 26.3 Å². The summed E-state index contributed by atoms with van der Waals surface area (Å²) in [5.41, 5.74) is -2.85. The van der Waals surface area contributed by atoms with E-state index in [9.17, 15) is 31.1 Å². The lowest BCUT2D eigenvalue weighted by Crippen LogP contribution is -2.15. The summed E-state index contributed by atoms with van der Waals surface area (Å²) in [5.74, 6) is -3.73. The highest BCUT2D eigenvalue weighted by Gasteiger charge is 2.37. The van der Waals surface area contributed by atoms with Crippen LogP contribution in [0.15, 0.2) is 12.1 Å². The van der Waals surface area contributed by atoms with Gasteiger partial charge in [-0.2, -0.15) is 22.0 Å². The van der Waals surface area contributed by atoms with Crippen molar-refractivity contribution in [3.8, 4) is 5.75 Å². The lowest BCUT2D eigenvalue weighted by molar-refractivity contribution is -0.138. The summed E-state index contributed by atoms with van der Waals surface area (Å²) in [7, 11) is 0. The maximum absolute atomic E-state index is 13.3. The van der Waals surface area contributed by atoms with Crippen LogP contribution in [-0.4, -0.2) is 12.4 Å². The van der Waals surface area contributed by atoms with Gasteiger partial charge in [-0.3, -0.25) is 4.79 Å². The molecule has 0 unspecified atom stereocenters. The van der Waals surface area contributed by atoms with E-state index in [0.29, 0.717) is 6.07 Å². The Morgan fingerprint density at radius 3 is 2.22 bits per heavy atom. The molecule has 2 nitrogen and oxygen atoms in total. The van der Waals surface area contributed by atoms with Gasteiger partial charge in [0, 0.05) is 6.07 Å². The quantitative estimate of drug-likeness (QED) is 0.620. The van der Waals surface area contributed by atoms with Gasteiger partial charge < -0.3 is 4.74 Å². The van der Waals surface area contributed by atoms with E-state index in [1.54, 1.807) is 0 Å². The van der Waals surface area contributed by atoms with Crippen molar-refractivity contribution in [1.82, 2.24) is 0 Å². The number of halogens is 6. The molecule has 0 spiro atoms. The summed E-state index contributed by atoms with van der Waals surface area (Å²) < 4.78 is 78.3. The van der Waals surface area contributed by atoms with E-state index in [0.717, 1.165) is 6.92 Å². The Balaban J connectivity index is 3.43. The van der Waals surface area contributed by atoms with Gasteiger partial charge in [-0.05, 0) is 13.0 Å². The fraction of sp³-hybridized carbons (Fsp3) is 0.300. The molecule has 0 radical (unpaired) electrons. The Kier molecular flexibility index (Phi) is 3.88. The number of alkyl halides is 5. The molecule has 1 aromatic rings. The van der Waals surface area contributed by atoms with Crippen molar-refractivity contribution in [3.63, 3.8) is 0 Å². The molecule has 8 heteroatoms. The van der Waals surface area contributed by atoms with E-state index < -0.39 is 41.3 Å². The van der Waals surface area contributed by atoms with Crippen molar-refractivity contribution < 1.29 is 35.9 Å². The fourth-order valence-corrected chi connectivity index (χ4v) is 1.33. The molecular formula is C10H6F6O2. The first kappa shape index (κ1) is 14.3. The van der Waals surface area contributed by atoms with Gasteiger partial charge in [0.2, 0.25) is 0 Å². The summed E-state index contributed by atoms with van der Waals surface area (Å²) >= 11 is 0. The first-order chi connectivity index (χ1) is 8.12. The van der Waals surface area contributed by atoms with E-state index in [1.807, 2.05) is 0 Å². The summed E-state index contributed by atoms with van der Waals surface area (Å²) in [6.07, 6.45) is -5.05. The third-order valence-corrected chi connectivity index (χ3v) is 1.95. The second-order valence-electron chi connectivity index (χ2n) is 3.26. The van der Waals surface area contributed by atoms with Crippen molar-refractivity contribution in [2.75, 3.05) is 0 Å². The molecule has 1 aromatic carbocycles. The number of hydrogen-bond donors (Lipinski definition) is 0. The second-order valence-corrected chi connectivity index (χ2v) is 3.26. The van der Waals surface area contributed by atoms with Gasteiger partial charge in [0.1, 0.15) is 11.6 Å². The third kappa shape index (κ3) is 3.14. The first-order valence-electron chi connectivity index (χ1n) is 4.49. The monoisotopic (exact) mass is 272 g/mol. The van der Waals surface area contributed by atoms with Crippen LogP contribution < -0.4 is 4.74 Å². The molecule has 100 valence electrons. The number of carbonyl (C=O) groups excluding carboxylic acids is 1. The number of ketones is 1.